The number of piperidine rings is 1. The fraction of sp³-hybridized carbons (Fsp3) is 0.600. The molecule has 1 amide bonds. The highest BCUT2D eigenvalue weighted by atomic mass is 16.1. The fourth-order valence-electron chi connectivity index (χ4n) is 3.71. The first-order valence-electron chi connectivity index (χ1n) is 9.75. The van der Waals surface area contributed by atoms with Crippen molar-refractivity contribution >= 4 is 17.6 Å². The van der Waals surface area contributed by atoms with Crippen LogP contribution < -0.4 is 16.0 Å². The molecule has 6 nitrogen and oxygen atoms in total. The van der Waals surface area contributed by atoms with Gasteiger partial charge in [-0.05, 0) is 57.5 Å². The number of guanidine groups is 1. The number of nitrogens with one attached hydrogen (secondary N) is 3. The number of carbonyl (C=O) groups is 1. The van der Waals surface area contributed by atoms with Crippen molar-refractivity contribution in [2.75, 3.05) is 45.1 Å². The zero-order valence-corrected chi connectivity index (χ0v) is 15.9. The molecule has 1 unspecified atom stereocenters. The molecule has 142 valence electrons. The summed E-state index contributed by atoms with van der Waals surface area (Å²) >= 11 is 0. The van der Waals surface area contributed by atoms with Crippen molar-refractivity contribution in [2.24, 2.45) is 10.9 Å². The van der Waals surface area contributed by atoms with Gasteiger partial charge in [-0.2, -0.15) is 0 Å². The quantitative estimate of drug-likeness (QED) is 0.557. The number of hydrogen-bond acceptors (Lipinski definition) is 3. The average Bonchev–Trinajstić information content (AvgIpc) is 2.65. The number of fused-ring (bicyclic) bond motifs is 1. The Hall–Kier alpha value is -2.08. The summed E-state index contributed by atoms with van der Waals surface area (Å²) in [6, 6.07) is 8.06. The molecule has 3 rings (SSSR count). The summed E-state index contributed by atoms with van der Waals surface area (Å²) in [5.41, 5.74) is 2.13. The SMILES string of the molecule is CCNC(=NCC1CCN(C)CC1)NCC1CC(=O)Nc2ccccc21. The number of anilines is 1. The van der Waals surface area contributed by atoms with Crippen LogP contribution in [0, 0.1) is 5.92 Å². The molecule has 0 saturated carbocycles. The van der Waals surface area contributed by atoms with Crippen LogP contribution in [0.5, 0.6) is 0 Å². The maximum Gasteiger partial charge on any atom is 0.225 e. The predicted octanol–water partition coefficient (Wildman–Crippen LogP) is 2.01. The molecule has 1 atom stereocenters. The van der Waals surface area contributed by atoms with Crippen molar-refractivity contribution in [3.05, 3.63) is 29.8 Å². The Morgan fingerprint density at radius 2 is 2.04 bits per heavy atom. The van der Waals surface area contributed by atoms with Crippen molar-refractivity contribution in [2.45, 2.75) is 32.1 Å². The molecule has 2 aliphatic heterocycles. The number of nitrogens with zero attached hydrogens (tertiary/aromatic N) is 2. The second-order valence-electron chi connectivity index (χ2n) is 7.38. The van der Waals surface area contributed by atoms with Gasteiger partial charge in [0.05, 0.1) is 0 Å². The smallest absolute Gasteiger partial charge is 0.225 e. The molecule has 0 aliphatic carbocycles. The largest absolute Gasteiger partial charge is 0.357 e. The molecule has 3 N–H and O–H groups in total. The number of hydrogen-bond donors (Lipinski definition) is 3. The topological polar surface area (TPSA) is 68.8 Å². The van der Waals surface area contributed by atoms with Crippen molar-refractivity contribution in [3.8, 4) is 0 Å². The van der Waals surface area contributed by atoms with E-state index in [1.165, 1.54) is 18.4 Å². The molecule has 1 saturated heterocycles. The Morgan fingerprint density at radius 1 is 1.27 bits per heavy atom. The first-order chi connectivity index (χ1) is 12.7. The number of benzene rings is 1. The first-order valence-corrected chi connectivity index (χ1v) is 9.75. The van der Waals surface area contributed by atoms with Gasteiger partial charge in [-0.25, -0.2) is 0 Å². The summed E-state index contributed by atoms with van der Waals surface area (Å²) in [5, 5.41) is 9.74. The highest BCUT2D eigenvalue weighted by Crippen LogP contribution is 2.31. The van der Waals surface area contributed by atoms with Crippen molar-refractivity contribution < 1.29 is 4.79 Å². The Kier molecular flexibility index (Phi) is 6.50. The van der Waals surface area contributed by atoms with Gasteiger partial charge in [-0.1, -0.05) is 18.2 Å². The molecular weight excluding hydrogens is 326 g/mol. The van der Waals surface area contributed by atoms with Gasteiger partial charge in [0.2, 0.25) is 5.91 Å². The van der Waals surface area contributed by atoms with E-state index in [2.05, 4.69) is 40.9 Å². The predicted molar refractivity (Wildman–Crippen MR) is 107 cm³/mol. The van der Waals surface area contributed by atoms with Crippen LogP contribution >= 0.6 is 0 Å². The van der Waals surface area contributed by atoms with Crippen LogP contribution in [0.2, 0.25) is 0 Å². The van der Waals surface area contributed by atoms with Crippen LogP contribution in [-0.2, 0) is 4.79 Å². The molecule has 1 aromatic carbocycles. The van der Waals surface area contributed by atoms with Gasteiger partial charge in [-0.3, -0.25) is 9.79 Å². The van der Waals surface area contributed by atoms with Crippen LogP contribution in [-0.4, -0.2) is 56.5 Å². The number of aliphatic imine (C=N–C) groups is 1. The van der Waals surface area contributed by atoms with E-state index in [9.17, 15) is 4.79 Å². The van der Waals surface area contributed by atoms with Gasteiger partial charge in [-0.15, -0.1) is 0 Å². The summed E-state index contributed by atoms with van der Waals surface area (Å²) in [4.78, 5) is 19.2. The van der Waals surface area contributed by atoms with E-state index >= 15 is 0 Å². The summed E-state index contributed by atoms with van der Waals surface area (Å²) < 4.78 is 0. The minimum atomic E-state index is 0.0868. The van der Waals surface area contributed by atoms with Gasteiger partial charge in [0.15, 0.2) is 5.96 Å². The monoisotopic (exact) mass is 357 g/mol. The molecule has 6 heteroatoms. The lowest BCUT2D eigenvalue weighted by atomic mass is 9.90. The average molecular weight is 358 g/mol. The molecule has 0 spiro atoms. The number of para-hydroxylation sites is 1. The second kappa shape index (κ2) is 9.03. The summed E-state index contributed by atoms with van der Waals surface area (Å²) in [5.74, 6) is 1.79. The lowest BCUT2D eigenvalue weighted by Gasteiger charge is -2.28. The van der Waals surface area contributed by atoms with Gasteiger partial charge in [0.25, 0.3) is 0 Å². The zero-order chi connectivity index (χ0) is 18.4. The zero-order valence-electron chi connectivity index (χ0n) is 15.9. The van der Waals surface area contributed by atoms with Crippen molar-refractivity contribution in [3.63, 3.8) is 0 Å². The Bertz CT molecular complexity index is 637. The molecule has 1 fully saturated rings. The highest BCUT2D eigenvalue weighted by molar-refractivity contribution is 5.94. The summed E-state index contributed by atoms with van der Waals surface area (Å²) in [6.45, 7) is 6.82. The van der Waals surface area contributed by atoms with E-state index in [1.807, 2.05) is 18.2 Å². The van der Waals surface area contributed by atoms with E-state index in [4.69, 9.17) is 4.99 Å². The molecule has 26 heavy (non-hydrogen) atoms. The molecule has 0 aromatic heterocycles. The van der Waals surface area contributed by atoms with Crippen LogP contribution in [0.15, 0.2) is 29.3 Å². The van der Waals surface area contributed by atoms with E-state index in [0.29, 0.717) is 18.9 Å². The lowest BCUT2D eigenvalue weighted by molar-refractivity contribution is -0.116. The second-order valence-corrected chi connectivity index (χ2v) is 7.38. The third kappa shape index (κ3) is 4.97. The minimum Gasteiger partial charge on any atom is -0.357 e. The van der Waals surface area contributed by atoms with Crippen LogP contribution in [0.25, 0.3) is 0 Å². The van der Waals surface area contributed by atoms with Gasteiger partial charge in [0.1, 0.15) is 0 Å². The molecule has 2 heterocycles. The molecular formula is C20H31N5O. The third-order valence-electron chi connectivity index (χ3n) is 5.31. The van der Waals surface area contributed by atoms with Crippen LogP contribution in [0.1, 0.15) is 37.7 Å². The van der Waals surface area contributed by atoms with Crippen LogP contribution in [0.4, 0.5) is 5.69 Å². The Labute approximate surface area is 156 Å². The summed E-state index contributed by atoms with van der Waals surface area (Å²) in [7, 11) is 2.18. The minimum absolute atomic E-state index is 0.0868. The van der Waals surface area contributed by atoms with Crippen molar-refractivity contribution in [1.29, 1.82) is 0 Å². The van der Waals surface area contributed by atoms with E-state index in [0.717, 1.165) is 37.8 Å². The third-order valence-corrected chi connectivity index (χ3v) is 5.31. The van der Waals surface area contributed by atoms with Gasteiger partial charge < -0.3 is 20.9 Å². The van der Waals surface area contributed by atoms with Gasteiger partial charge >= 0.3 is 0 Å². The molecule has 0 radical (unpaired) electrons. The highest BCUT2D eigenvalue weighted by Gasteiger charge is 2.24. The molecule has 2 aliphatic rings. The number of likely N-dealkylation sites (tertiary alicyclic amines) is 1. The Morgan fingerprint density at radius 3 is 2.81 bits per heavy atom. The molecule has 0 bridgehead atoms. The maximum absolute atomic E-state index is 12.0. The Balaban J connectivity index is 1.58. The normalized spacial score (nSPS) is 21.8. The summed E-state index contributed by atoms with van der Waals surface area (Å²) in [6.07, 6.45) is 2.95. The number of rotatable bonds is 5. The fourth-order valence-corrected chi connectivity index (χ4v) is 3.71. The first kappa shape index (κ1) is 18.7. The van der Waals surface area contributed by atoms with Gasteiger partial charge in [0, 0.05) is 37.7 Å². The van der Waals surface area contributed by atoms with E-state index in [1.54, 1.807) is 0 Å². The van der Waals surface area contributed by atoms with E-state index in [-0.39, 0.29) is 11.8 Å². The van der Waals surface area contributed by atoms with E-state index < -0.39 is 0 Å². The number of amides is 1. The lowest BCUT2D eigenvalue weighted by Crippen LogP contribution is -2.41. The standard InChI is InChI=1S/C20H31N5O/c1-3-21-20(22-13-15-8-10-25(2)11-9-15)23-14-16-12-19(26)24-18-7-5-4-6-17(16)18/h4-7,15-16H,3,8-14H2,1-2H3,(H,24,26)(H2,21,22,23). The maximum atomic E-state index is 12.0. The van der Waals surface area contributed by atoms with Crippen molar-refractivity contribution in [1.82, 2.24) is 15.5 Å². The van der Waals surface area contributed by atoms with Crippen LogP contribution in [0.3, 0.4) is 0 Å². The number of carbonyl (C=O) groups excluding carboxylic acids is 1. The molecule has 1 aromatic rings.